The van der Waals surface area contributed by atoms with Gasteiger partial charge in [-0.05, 0) is 0 Å². The molecular weight excluding hydrogens is 167 g/mol. The summed E-state index contributed by atoms with van der Waals surface area (Å²) in [4.78, 5) is 0. The van der Waals surface area contributed by atoms with Crippen molar-refractivity contribution in [3.8, 4) is 12.3 Å². The summed E-state index contributed by atoms with van der Waals surface area (Å²) in [5.74, 6) is 2.33. The Kier molecular flexibility index (Phi) is 5.18. The van der Waals surface area contributed by atoms with Gasteiger partial charge in [0.25, 0.3) is 0 Å². The first-order chi connectivity index (χ1) is 5.18. The van der Waals surface area contributed by atoms with Crippen molar-refractivity contribution in [3.63, 3.8) is 0 Å². The van der Waals surface area contributed by atoms with Crippen LogP contribution in [0.5, 0.6) is 0 Å². The number of hydrogen-bond donors (Lipinski definition) is 0. The van der Waals surface area contributed by atoms with Gasteiger partial charge in [-0.1, -0.05) is 0 Å². The molecule has 0 amide bonds. The average Bonchev–Trinajstić information content (AvgIpc) is 2.05. The predicted octanol–water partition coefficient (Wildman–Crippen LogP) is 1.43. The Balaban J connectivity index is 3.72. The molecule has 0 aromatic heterocycles. The molecule has 0 N–H and O–H groups in total. The van der Waals surface area contributed by atoms with E-state index in [0.717, 1.165) is 0 Å². The maximum absolute atomic E-state index is 11.1. The van der Waals surface area contributed by atoms with E-state index in [1.54, 1.807) is 0 Å². The summed E-state index contributed by atoms with van der Waals surface area (Å²) in [5, 5.41) is 0. The molecule has 0 radical (unpaired) electrons. The van der Waals surface area contributed by atoms with Gasteiger partial charge < -0.3 is 0 Å². The van der Waals surface area contributed by atoms with Crippen molar-refractivity contribution in [2.24, 2.45) is 0 Å². The lowest BCUT2D eigenvalue weighted by Crippen LogP contribution is -1.95. The summed E-state index contributed by atoms with van der Waals surface area (Å²) >= 11 is 0. The molecule has 0 saturated carbocycles. The molecule has 0 atom stereocenters. The van der Waals surface area contributed by atoms with Crippen molar-refractivity contribution in [1.29, 1.82) is 0 Å². The van der Waals surface area contributed by atoms with Gasteiger partial charge >= 0.3 is 7.82 Å². The first kappa shape index (κ1) is 10.7. The third kappa shape index (κ3) is 4.18. The highest BCUT2D eigenvalue weighted by Crippen LogP contribution is 2.47. The van der Waals surface area contributed by atoms with E-state index in [9.17, 15) is 4.57 Å². The normalized spacial score (nSPS) is 11.0. The fraction of sp³-hybridized carbons (Fsp3) is 0.667. The Morgan fingerprint density at radius 2 is 2.00 bits per heavy atom. The fourth-order valence-electron chi connectivity index (χ4n) is 0.396. The van der Waals surface area contributed by atoms with Crippen LogP contribution in [0.4, 0.5) is 0 Å². The molecule has 0 fully saturated rings. The van der Waals surface area contributed by atoms with Gasteiger partial charge in [0.1, 0.15) is 0 Å². The van der Waals surface area contributed by atoms with E-state index in [-0.39, 0.29) is 6.61 Å². The van der Waals surface area contributed by atoms with Crippen LogP contribution in [0.1, 0.15) is 6.42 Å². The van der Waals surface area contributed by atoms with Crippen LogP contribution >= 0.6 is 7.82 Å². The molecule has 0 aliphatic rings. The summed E-state index contributed by atoms with van der Waals surface area (Å²) in [7, 11) is -0.806. The van der Waals surface area contributed by atoms with E-state index in [4.69, 9.17) is 10.9 Å². The van der Waals surface area contributed by atoms with Crippen molar-refractivity contribution in [2.45, 2.75) is 6.42 Å². The van der Waals surface area contributed by atoms with Crippen LogP contribution in [-0.2, 0) is 18.1 Å². The highest BCUT2D eigenvalue weighted by Gasteiger charge is 2.21. The lowest BCUT2D eigenvalue weighted by Gasteiger charge is -2.11. The van der Waals surface area contributed by atoms with Gasteiger partial charge in [0, 0.05) is 20.6 Å². The molecule has 0 unspecified atom stereocenters. The van der Waals surface area contributed by atoms with Crippen LogP contribution in [0.3, 0.4) is 0 Å². The number of hydrogen-bond acceptors (Lipinski definition) is 4. The molecule has 0 spiro atoms. The van der Waals surface area contributed by atoms with E-state index in [0.29, 0.717) is 6.42 Å². The molecule has 0 aromatic rings. The van der Waals surface area contributed by atoms with Gasteiger partial charge in [-0.25, -0.2) is 4.57 Å². The molecule has 0 heterocycles. The van der Waals surface area contributed by atoms with Crippen molar-refractivity contribution >= 4 is 7.82 Å². The smallest absolute Gasteiger partial charge is 0.290 e. The molecule has 0 aliphatic carbocycles. The second-order valence-electron chi connectivity index (χ2n) is 1.60. The van der Waals surface area contributed by atoms with Crippen molar-refractivity contribution in [3.05, 3.63) is 0 Å². The maximum atomic E-state index is 11.1. The zero-order chi connectivity index (χ0) is 8.74. The molecule has 4 nitrogen and oxygen atoms in total. The van der Waals surface area contributed by atoms with E-state index in [1.165, 1.54) is 14.2 Å². The Morgan fingerprint density at radius 3 is 2.36 bits per heavy atom. The summed E-state index contributed by atoms with van der Waals surface area (Å²) in [6.07, 6.45) is 5.33. The zero-order valence-electron chi connectivity index (χ0n) is 6.57. The van der Waals surface area contributed by atoms with Crippen molar-refractivity contribution in [1.82, 2.24) is 0 Å². The highest BCUT2D eigenvalue weighted by molar-refractivity contribution is 7.48. The van der Waals surface area contributed by atoms with E-state index in [1.807, 2.05) is 0 Å². The Bertz CT molecular complexity index is 176. The lowest BCUT2D eigenvalue weighted by atomic mass is 10.5. The molecule has 64 valence electrons. The van der Waals surface area contributed by atoms with Gasteiger partial charge in [-0.3, -0.25) is 13.6 Å². The maximum Gasteiger partial charge on any atom is 0.474 e. The third-order valence-electron chi connectivity index (χ3n) is 0.943. The molecule has 5 heteroatoms. The van der Waals surface area contributed by atoms with Gasteiger partial charge in [0.05, 0.1) is 6.61 Å². The van der Waals surface area contributed by atoms with Gasteiger partial charge in [-0.2, -0.15) is 0 Å². The van der Waals surface area contributed by atoms with E-state index in [2.05, 4.69) is 15.0 Å². The van der Waals surface area contributed by atoms with Crippen LogP contribution < -0.4 is 0 Å². The largest absolute Gasteiger partial charge is 0.474 e. The molecule has 11 heavy (non-hydrogen) atoms. The van der Waals surface area contributed by atoms with Gasteiger partial charge in [0.2, 0.25) is 0 Å². The monoisotopic (exact) mass is 178 g/mol. The van der Waals surface area contributed by atoms with Crippen molar-refractivity contribution in [2.75, 3.05) is 20.8 Å². The van der Waals surface area contributed by atoms with Crippen LogP contribution in [0.15, 0.2) is 0 Å². The first-order valence-electron chi connectivity index (χ1n) is 2.98. The van der Waals surface area contributed by atoms with Crippen LogP contribution in [0, 0.1) is 12.3 Å². The van der Waals surface area contributed by atoms with Crippen LogP contribution in [0.2, 0.25) is 0 Å². The van der Waals surface area contributed by atoms with Crippen molar-refractivity contribution < 1.29 is 18.1 Å². The number of phosphoric ester groups is 1. The molecule has 0 bridgehead atoms. The second-order valence-corrected chi connectivity index (χ2v) is 3.48. The standard InChI is InChI=1S/C6H11O4P/c1-4-5-6-10-11(7,8-2)9-3/h1H,5-6H2,2-3H3. The minimum absolute atomic E-state index is 0.176. The molecule has 0 saturated heterocycles. The zero-order valence-corrected chi connectivity index (χ0v) is 7.47. The molecule has 0 aliphatic heterocycles. The Morgan fingerprint density at radius 1 is 1.45 bits per heavy atom. The highest BCUT2D eigenvalue weighted by atomic mass is 31.2. The SMILES string of the molecule is C#CCCOP(=O)(OC)OC. The number of terminal acetylenes is 1. The quantitative estimate of drug-likeness (QED) is 0.363. The fourth-order valence-corrected chi connectivity index (χ4v) is 1.07. The van der Waals surface area contributed by atoms with Gasteiger partial charge in [0.15, 0.2) is 0 Å². The van der Waals surface area contributed by atoms with Crippen LogP contribution in [-0.4, -0.2) is 20.8 Å². The Hall–Kier alpha value is -0.330. The van der Waals surface area contributed by atoms with Gasteiger partial charge in [-0.15, -0.1) is 12.3 Å². The lowest BCUT2D eigenvalue weighted by molar-refractivity contribution is 0.155. The average molecular weight is 178 g/mol. The van der Waals surface area contributed by atoms with E-state index >= 15 is 0 Å². The third-order valence-corrected chi connectivity index (χ3v) is 2.34. The molecular formula is C6H11O4P. The minimum Gasteiger partial charge on any atom is -0.290 e. The molecule has 0 aromatic carbocycles. The number of phosphoric acid groups is 1. The summed E-state index contributed by atoms with van der Waals surface area (Å²) in [6, 6.07) is 0. The molecule has 0 rings (SSSR count). The summed E-state index contributed by atoms with van der Waals surface area (Å²) < 4.78 is 24.8. The summed E-state index contributed by atoms with van der Waals surface area (Å²) in [6.45, 7) is 0.176. The number of rotatable bonds is 5. The minimum atomic E-state index is -3.31. The predicted molar refractivity (Wildman–Crippen MR) is 41.0 cm³/mol. The first-order valence-corrected chi connectivity index (χ1v) is 4.44. The summed E-state index contributed by atoms with van der Waals surface area (Å²) in [5.41, 5.74) is 0. The second kappa shape index (κ2) is 5.34. The Labute approximate surface area is 66.5 Å². The van der Waals surface area contributed by atoms with E-state index < -0.39 is 7.82 Å². The topological polar surface area (TPSA) is 44.8 Å². The van der Waals surface area contributed by atoms with Crippen LogP contribution in [0.25, 0.3) is 0 Å².